The first-order valence-corrected chi connectivity index (χ1v) is 11.5. The van der Waals surface area contributed by atoms with Gasteiger partial charge in [-0.25, -0.2) is 14.4 Å². The number of benzene rings is 2. The lowest BCUT2D eigenvalue weighted by Crippen LogP contribution is -2.72. The Hall–Kier alpha value is -2.49. The summed E-state index contributed by atoms with van der Waals surface area (Å²) in [6, 6.07) is 8.83. The molecule has 1 spiro atoms. The maximum atomic E-state index is 14.5. The quantitative estimate of drug-likeness (QED) is 0.587. The highest BCUT2D eigenvalue weighted by Gasteiger charge is 2.50. The second-order valence-corrected chi connectivity index (χ2v) is 10.0. The Balaban J connectivity index is 1.22. The van der Waals surface area contributed by atoms with Gasteiger partial charge in [0.2, 0.25) is 0 Å². The van der Waals surface area contributed by atoms with Crippen LogP contribution in [0.15, 0.2) is 41.1 Å². The van der Waals surface area contributed by atoms with Crippen molar-refractivity contribution in [1.29, 1.82) is 0 Å². The van der Waals surface area contributed by atoms with Gasteiger partial charge in [0, 0.05) is 49.6 Å². The number of ether oxygens (including phenoxy) is 2. The maximum absolute atomic E-state index is 14.5. The first kappa shape index (κ1) is 20.1. The number of hydrogen-bond donors (Lipinski definition) is 1. The van der Waals surface area contributed by atoms with Gasteiger partial charge < -0.3 is 19.7 Å². The molecule has 2 fully saturated rings. The van der Waals surface area contributed by atoms with E-state index in [4.69, 9.17) is 9.47 Å². The molecular formula is C23H23BrFN5O2. The Morgan fingerprint density at radius 1 is 1.19 bits per heavy atom. The lowest BCUT2D eigenvalue weighted by Gasteiger charge is -2.60. The zero-order valence-electron chi connectivity index (χ0n) is 17.6. The molecule has 32 heavy (non-hydrogen) atoms. The number of nitrogens with zero attached hydrogens (tertiary/aromatic N) is 4. The number of rotatable bonds is 4. The van der Waals surface area contributed by atoms with E-state index >= 15 is 0 Å². The number of likely N-dealkylation sites (tertiary alicyclic amines) is 2. The molecule has 2 aromatic carbocycles. The van der Waals surface area contributed by atoms with Gasteiger partial charge in [0.1, 0.15) is 24.9 Å². The molecule has 1 atom stereocenters. The number of anilines is 2. The lowest BCUT2D eigenvalue weighted by atomic mass is 9.73. The predicted octanol–water partition coefficient (Wildman–Crippen LogP) is 3.66. The second kappa shape index (κ2) is 7.54. The molecule has 6 rings (SSSR count). The SMILES string of the molecule is CN1CC2(C1)CN(C[C@H]1COc3cc4ncnc(Nc5cccc(Br)c5F)c4cc3O1)C2. The fourth-order valence-corrected chi connectivity index (χ4v) is 5.57. The smallest absolute Gasteiger partial charge is 0.163 e. The summed E-state index contributed by atoms with van der Waals surface area (Å²) in [4.78, 5) is 13.5. The van der Waals surface area contributed by atoms with Gasteiger partial charge in [-0.05, 0) is 41.2 Å². The summed E-state index contributed by atoms with van der Waals surface area (Å²) in [5, 5.41) is 3.83. The molecule has 9 heteroatoms. The first-order chi connectivity index (χ1) is 15.5. The zero-order chi connectivity index (χ0) is 21.9. The third-order valence-corrected chi connectivity index (χ3v) is 7.03. The van der Waals surface area contributed by atoms with Crippen LogP contribution in [0.3, 0.4) is 0 Å². The predicted molar refractivity (Wildman–Crippen MR) is 123 cm³/mol. The zero-order valence-corrected chi connectivity index (χ0v) is 19.2. The van der Waals surface area contributed by atoms with Gasteiger partial charge in [0.25, 0.3) is 0 Å². The Kier molecular flexibility index (Phi) is 4.74. The van der Waals surface area contributed by atoms with Crippen LogP contribution in [0.25, 0.3) is 10.9 Å². The molecule has 0 bridgehead atoms. The fraction of sp³-hybridized carbons (Fsp3) is 0.391. The van der Waals surface area contributed by atoms with Crippen LogP contribution >= 0.6 is 15.9 Å². The van der Waals surface area contributed by atoms with Crippen molar-refractivity contribution >= 4 is 38.3 Å². The van der Waals surface area contributed by atoms with Crippen LogP contribution in [0.4, 0.5) is 15.9 Å². The Bertz CT molecular complexity index is 1190. The van der Waals surface area contributed by atoms with E-state index in [1.165, 1.54) is 19.4 Å². The summed E-state index contributed by atoms with van der Waals surface area (Å²) in [5.41, 5.74) is 1.54. The molecule has 0 radical (unpaired) electrons. The summed E-state index contributed by atoms with van der Waals surface area (Å²) in [5.74, 6) is 1.48. The van der Waals surface area contributed by atoms with Crippen LogP contribution in [-0.2, 0) is 0 Å². The molecule has 166 valence electrons. The lowest BCUT2D eigenvalue weighted by molar-refractivity contribution is -0.116. The minimum atomic E-state index is -0.373. The third-order valence-electron chi connectivity index (χ3n) is 6.41. The van der Waals surface area contributed by atoms with E-state index < -0.39 is 0 Å². The number of hydrogen-bond acceptors (Lipinski definition) is 7. The molecule has 0 unspecified atom stereocenters. The Labute approximate surface area is 193 Å². The van der Waals surface area contributed by atoms with E-state index in [1.54, 1.807) is 18.2 Å². The highest BCUT2D eigenvalue weighted by atomic mass is 79.9. The van der Waals surface area contributed by atoms with E-state index in [-0.39, 0.29) is 11.9 Å². The van der Waals surface area contributed by atoms with Crippen molar-refractivity contribution in [1.82, 2.24) is 19.8 Å². The number of aromatic nitrogens is 2. The molecular weight excluding hydrogens is 477 g/mol. The molecule has 1 N–H and O–H groups in total. The molecule has 3 aliphatic heterocycles. The largest absolute Gasteiger partial charge is 0.486 e. The van der Waals surface area contributed by atoms with Crippen LogP contribution in [-0.4, -0.2) is 72.3 Å². The molecule has 3 aliphatic rings. The highest BCUT2D eigenvalue weighted by molar-refractivity contribution is 9.10. The van der Waals surface area contributed by atoms with Crippen molar-refractivity contribution < 1.29 is 13.9 Å². The monoisotopic (exact) mass is 499 g/mol. The fourth-order valence-electron chi connectivity index (χ4n) is 5.20. The van der Waals surface area contributed by atoms with Gasteiger partial charge in [-0.3, -0.25) is 4.90 Å². The Morgan fingerprint density at radius 2 is 2.03 bits per heavy atom. The minimum Gasteiger partial charge on any atom is -0.486 e. The molecule has 1 aromatic heterocycles. The van der Waals surface area contributed by atoms with Crippen LogP contribution in [0.2, 0.25) is 0 Å². The molecule has 3 aromatic rings. The normalized spacial score (nSPS) is 21.9. The third kappa shape index (κ3) is 3.48. The van der Waals surface area contributed by atoms with Gasteiger partial charge >= 0.3 is 0 Å². The first-order valence-electron chi connectivity index (χ1n) is 10.7. The molecule has 4 heterocycles. The van der Waals surface area contributed by atoms with Crippen molar-refractivity contribution in [2.45, 2.75) is 6.10 Å². The van der Waals surface area contributed by atoms with Gasteiger partial charge in [-0.1, -0.05) is 6.07 Å². The van der Waals surface area contributed by atoms with E-state index in [1.807, 2.05) is 12.1 Å². The van der Waals surface area contributed by atoms with Gasteiger partial charge in [0.05, 0.1) is 15.7 Å². The van der Waals surface area contributed by atoms with Crippen molar-refractivity contribution in [2.24, 2.45) is 5.41 Å². The van der Waals surface area contributed by atoms with Crippen LogP contribution in [0.5, 0.6) is 11.5 Å². The van der Waals surface area contributed by atoms with Crippen LogP contribution < -0.4 is 14.8 Å². The average Bonchev–Trinajstić information content (AvgIpc) is 2.73. The standard InChI is InChI=1S/C23H23BrFN5O2/c1-29-9-23(10-29)11-30(12-23)7-14-8-31-19-6-18-15(5-20(19)32-14)22(27-13-26-18)28-17-4-2-3-16(24)21(17)25/h2-6,13-14H,7-12H2,1H3,(H,26,27,28)/t14-/m0/s1. The summed E-state index contributed by atoms with van der Waals surface area (Å²) in [6.45, 7) is 6.00. The van der Waals surface area contributed by atoms with Crippen molar-refractivity contribution in [3.05, 3.63) is 46.9 Å². The molecule has 0 saturated carbocycles. The van der Waals surface area contributed by atoms with Gasteiger partial charge in [0.15, 0.2) is 17.3 Å². The van der Waals surface area contributed by atoms with Gasteiger partial charge in [-0.2, -0.15) is 0 Å². The van der Waals surface area contributed by atoms with E-state index in [0.717, 1.165) is 25.0 Å². The molecule has 7 nitrogen and oxygen atoms in total. The van der Waals surface area contributed by atoms with Gasteiger partial charge in [-0.15, -0.1) is 0 Å². The minimum absolute atomic E-state index is 0.0290. The van der Waals surface area contributed by atoms with Crippen LogP contribution in [0, 0.1) is 11.2 Å². The van der Waals surface area contributed by atoms with Crippen molar-refractivity contribution in [3.8, 4) is 11.5 Å². The van der Waals surface area contributed by atoms with Crippen molar-refractivity contribution in [3.63, 3.8) is 0 Å². The summed E-state index contributed by atoms with van der Waals surface area (Å²) < 4.78 is 27.2. The molecule has 0 aliphatic carbocycles. The number of nitrogens with one attached hydrogen (secondary N) is 1. The van der Waals surface area contributed by atoms with Crippen molar-refractivity contribution in [2.75, 3.05) is 51.7 Å². The molecule has 0 amide bonds. The summed E-state index contributed by atoms with van der Waals surface area (Å²) >= 11 is 3.22. The van der Waals surface area contributed by atoms with E-state index in [9.17, 15) is 4.39 Å². The topological polar surface area (TPSA) is 62.8 Å². The Morgan fingerprint density at radius 3 is 2.84 bits per heavy atom. The van der Waals surface area contributed by atoms with E-state index in [2.05, 4.69) is 48.1 Å². The summed E-state index contributed by atoms with van der Waals surface area (Å²) in [7, 11) is 2.17. The average molecular weight is 500 g/mol. The summed E-state index contributed by atoms with van der Waals surface area (Å²) in [6.07, 6.45) is 1.43. The maximum Gasteiger partial charge on any atom is 0.163 e. The second-order valence-electron chi connectivity index (χ2n) is 9.16. The highest BCUT2D eigenvalue weighted by Crippen LogP contribution is 2.41. The number of halogens is 2. The number of fused-ring (bicyclic) bond motifs is 2. The van der Waals surface area contributed by atoms with E-state index in [0.29, 0.717) is 45.0 Å². The molecule has 2 saturated heterocycles. The van der Waals surface area contributed by atoms with Crippen LogP contribution in [0.1, 0.15) is 0 Å².